The third kappa shape index (κ3) is 2.47. The van der Waals surface area contributed by atoms with Crippen molar-refractivity contribution in [2.45, 2.75) is 39.8 Å². The normalized spacial score (nSPS) is 14.1. The zero-order valence-corrected chi connectivity index (χ0v) is 13.4. The van der Waals surface area contributed by atoms with E-state index in [1.165, 1.54) is 0 Å². The number of hydrogen-bond donors (Lipinski definition) is 0. The predicted octanol–water partition coefficient (Wildman–Crippen LogP) is 2.85. The smallest absolute Gasteiger partial charge is 0.213 e. The lowest BCUT2D eigenvalue weighted by molar-refractivity contribution is 0.779. The summed E-state index contributed by atoms with van der Waals surface area (Å²) >= 11 is 0. The lowest BCUT2D eigenvalue weighted by Crippen LogP contribution is -2.34. The lowest BCUT2D eigenvalue weighted by Gasteiger charge is -1.98. The van der Waals surface area contributed by atoms with Gasteiger partial charge in [-0.2, -0.15) is 0 Å². The summed E-state index contributed by atoms with van der Waals surface area (Å²) in [6, 6.07) is 12.3. The Morgan fingerprint density at radius 2 is 1.27 bits per heavy atom. The number of hydrogen-bond acceptors (Lipinski definition) is 3. The van der Waals surface area contributed by atoms with Gasteiger partial charge in [-0.3, -0.25) is 14.8 Å². The monoisotopic (exact) mass is 292 g/mol. The van der Waals surface area contributed by atoms with Crippen molar-refractivity contribution in [2.24, 2.45) is 9.98 Å². The fraction of sp³-hybridized carbons (Fsp3) is 0.316. The van der Waals surface area contributed by atoms with Crippen LogP contribution < -0.4 is 16.1 Å². The molecule has 0 atom stereocenters. The Hall–Kier alpha value is -2.29. The molecule has 0 aliphatic rings. The van der Waals surface area contributed by atoms with Crippen molar-refractivity contribution >= 4 is 21.5 Å². The number of benzene rings is 2. The molecule has 0 unspecified atom stereocenters. The average Bonchev–Trinajstić information content (AvgIpc) is 2.70. The van der Waals surface area contributed by atoms with Crippen molar-refractivity contribution in [3.05, 3.63) is 57.3 Å². The van der Waals surface area contributed by atoms with Crippen molar-refractivity contribution in [3.63, 3.8) is 0 Å². The first-order valence-corrected chi connectivity index (χ1v) is 7.71. The summed E-state index contributed by atoms with van der Waals surface area (Å²) in [5, 5.41) is 5.08. The molecule has 0 aliphatic heterocycles. The molecule has 0 bridgehead atoms. The van der Waals surface area contributed by atoms with E-state index in [-0.39, 0.29) is 17.5 Å². The highest BCUT2D eigenvalue weighted by Crippen LogP contribution is 2.18. The highest BCUT2D eigenvalue weighted by Gasteiger charge is 2.11. The van der Waals surface area contributed by atoms with Crippen LogP contribution in [-0.4, -0.2) is 12.1 Å². The minimum absolute atomic E-state index is 0.00569. The van der Waals surface area contributed by atoms with E-state index in [9.17, 15) is 4.79 Å². The fourth-order valence-corrected chi connectivity index (χ4v) is 2.75. The fourth-order valence-electron chi connectivity index (χ4n) is 2.75. The van der Waals surface area contributed by atoms with Gasteiger partial charge in [0.25, 0.3) is 0 Å². The molecule has 112 valence electrons. The van der Waals surface area contributed by atoms with Crippen molar-refractivity contribution < 1.29 is 0 Å². The minimum atomic E-state index is -0.00569. The van der Waals surface area contributed by atoms with Gasteiger partial charge >= 0.3 is 0 Å². The molecule has 3 heteroatoms. The first-order chi connectivity index (χ1) is 10.5. The Morgan fingerprint density at radius 1 is 0.773 bits per heavy atom. The molecular weight excluding hydrogens is 272 g/mol. The van der Waals surface area contributed by atoms with E-state index < -0.39 is 0 Å². The molecule has 3 rings (SSSR count). The second-order valence-electron chi connectivity index (χ2n) is 6.22. The number of rotatable bonds is 2. The van der Waals surface area contributed by atoms with Gasteiger partial charge in [0.05, 0.1) is 5.36 Å². The molecule has 0 saturated heterocycles. The van der Waals surface area contributed by atoms with E-state index in [0.717, 1.165) is 26.9 Å². The molecule has 0 aliphatic carbocycles. The third-order valence-corrected chi connectivity index (χ3v) is 3.60. The van der Waals surface area contributed by atoms with Crippen LogP contribution in [0.5, 0.6) is 0 Å². The zero-order chi connectivity index (χ0) is 15.9. The Labute approximate surface area is 129 Å². The third-order valence-electron chi connectivity index (χ3n) is 3.60. The molecular formula is C19H20N2O. The summed E-state index contributed by atoms with van der Waals surface area (Å²) in [5.41, 5.74) is -0.00569. The van der Waals surface area contributed by atoms with Gasteiger partial charge in [0.1, 0.15) is 5.36 Å². The van der Waals surface area contributed by atoms with Gasteiger partial charge in [-0.15, -0.1) is 0 Å². The molecule has 0 aromatic heterocycles. The van der Waals surface area contributed by atoms with Crippen LogP contribution in [0.25, 0.3) is 21.5 Å². The van der Waals surface area contributed by atoms with Crippen LogP contribution in [-0.2, 0) is 0 Å². The molecule has 3 aromatic carbocycles. The van der Waals surface area contributed by atoms with Crippen LogP contribution in [0.15, 0.2) is 51.2 Å². The predicted molar refractivity (Wildman–Crippen MR) is 91.5 cm³/mol. The molecule has 0 fully saturated rings. The van der Waals surface area contributed by atoms with Gasteiger partial charge in [0.15, 0.2) is 0 Å². The topological polar surface area (TPSA) is 41.8 Å². The second-order valence-corrected chi connectivity index (χ2v) is 6.22. The van der Waals surface area contributed by atoms with E-state index in [1.54, 1.807) is 0 Å². The van der Waals surface area contributed by atoms with Crippen molar-refractivity contribution in [1.82, 2.24) is 0 Å². The van der Waals surface area contributed by atoms with Gasteiger partial charge in [0, 0.05) is 22.9 Å². The molecule has 22 heavy (non-hydrogen) atoms. The number of nitrogens with zero attached hydrogens (tertiary/aromatic N) is 2. The van der Waals surface area contributed by atoms with E-state index in [0.29, 0.717) is 5.36 Å². The van der Waals surface area contributed by atoms with Gasteiger partial charge < -0.3 is 0 Å². The first kappa shape index (κ1) is 14.6. The van der Waals surface area contributed by atoms with Crippen molar-refractivity contribution in [1.29, 1.82) is 0 Å². The van der Waals surface area contributed by atoms with Gasteiger partial charge in [-0.1, -0.05) is 24.3 Å². The highest BCUT2D eigenvalue weighted by atomic mass is 16.1. The van der Waals surface area contributed by atoms with Crippen molar-refractivity contribution in [2.75, 3.05) is 0 Å². The number of fused-ring (bicyclic) bond motifs is 2. The average molecular weight is 292 g/mol. The summed E-state index contributed by atoms with van der Waals surface area (Å²) < 4.78 is 0. The summed E-state index contributed by atoms with van der Waals surface area (Å²) in [6.45, 7) is 7.99. The standard InChI is InChI=1S/C19H20N2O/c1-11(2)20-17-15-9-13-7-5-6-8-14(13)10-16(15)19(22)18(17)21-12(3)4/h5-12H,1-4H3. The molecule has 0 spiro atoms. The second kappa shape index (κ2) is 5.48. The first-order valence-electron chi connectivity index (χ1n) is 7.71. The van der Waals surface area contributed by atoms with Crippen LogP contribution in [0, 0.1) is 0 Å². The largest absolute Gasteiger partial charge is 0.287 e. The van der Waals surface area contributed by atoms with E-state index in [1.807, 2.05) is 52.0 Å². The summed E-state index contributed by atoms with van der Waals surface area (Å²) in [7, 11) is 0. The van der Waals surface area contributed by atoms with Crippen LogP contribution in [0.2, 0.25) is 0 Å². The molecule has 0 N–H and O–H groups in total. The molecule has 3 aromatic rings. The molecule has 3 nitrogen and oxygen atoms in total. The minimum Gasteiger partial charge on any atom is -0.287 e. The van der Waals surface area contributed by atoms with Crippen LogP contribution in [0.4, 0.5) is 0 Å². The highest BCUT2D eigenvalue weighted by molar-refractivity contribution is 5.98. The summed E-state index contributed by atoms with van der Waals surface area (Å²) in [6.07, 6.45) is 0. The Morgan fingerprint density at radius 3 is 1.82 bits per heavy atom. The molecule has 0 saturated carbocycles. The molecule has 0 heterocycles. The van der Waals surface area contributed by atoms with Crippen molar-refractivity contribution in [3.8, 4) is 0 Å². The molecule has 0 radical (unpaired) electrons. The maximum Gasteiger partial charge on any atom is 0.213 e. The Bertz CT molecular complexity index is 1000. The summed E-state index contributed by atoms with van der Waals surface area (Å²) in [5.74, 6) is 0. The molecule has 0 amide bonds. The van der Waals surface area contributed by atoms with Crippen LogP contribution in [0.1, 0.15) is 27.7 Å². The maximum absolute atomic E-state index is 12.8. The van der Waals surface area contributed by atoms with E-state index >= 15 is 0 Å². The SMILES string of the molecule is CC(C)N=c1c(=O)c2cc3ccccc3cc2c1=NC(C)C. The Balaban J connectivity index is 2.57. The lowest BCUT2D eigenvalue weighted by atomic mass is 10.1. The quantitative estimate of drug-likeness (QED) is 0.716. The van der Waals surface area contributed by atoms with Crippen LogP contribution in [0.3, 0.4) is 0 Å². The van der Waals surface area contributed by atoms with Gasteiger partial charge in [0.2, 0.25) is 5.43 Å². The van der Waals surface area contributed by atoms with Gasteiger partial charge in [-0.25, -0.2) is 0 Å². The zero-order valence-electron chi connectivity index (χ0n) is 13.4. The summed E-state index contributed by atoms with van der Waals surface area (Å²) in [4.78, 5) is 22.0. The van der Waals surface area contributed by atoms with Crippen LogP contribution >= 0.6 is 0 Å². The Kier molecular flexibility index (Phi) is 3.65. The maximum atomic E-state index is 12.8. The van der Waals surface area contributed by atoms with Gasteiger partial charge in [-0.05, 0) is 50.6 Å². The van der Waals surface area contributed by atoms with E-state index in [4.69, 9.17) is 0 Å². The van der Waals surface area contributed by atoms with E-state index in [2.05, 4.69) is 22.1 Å².